The maximum Gasteiger partial charge on any atom is 0.335 e. The number of carbonyl (C=O) groups excluding carboxylic acids is 1. The summed E-state index contributed by atoms with van der Waals surface area (Å²) in [5.41, 5.74) is 1.15. The van der Waals surface area contributed by atoms with Crippen LogP contribution in [-0.2, 0) is 4.79 Å². The highest BCUT2D eigenvalue weighted by atomic mass is 16.5. The molecule has 0 atom stereocenters. The number of hydrogen-bond donors (Lipinski definition) is 0. The second kappa shape index (κ2) is 6.83. The molecular formula is C14H18O2. The molecule has 0 spiro atoms. The normalized spacial score (nSPS) is 10.6. The van der Waals surface area contributed by atoms with Crippen molar-refractivity contribution in [3.63, 3.8) is 0 Å². The molecular weight excluding hydrogens is 200 g/mol. The molecule has 0 aromatic heterocycles. The first kappa shape index (κ1) is 12.5. The minimum Gasteiger partial charge on any atom is -0.423 e. The van der Waals surface area contributed by atoms with Crippen LogP contribution in [0.25, 0.3) is 0 Å². The molecule has 2 heteroatoms. The van der Waals surface area contributed by atoms with Crippen LogP contribution in [0.2, 0.25) is 0 Å². The van der Waals surface area contributed by atoms with E-state index in [1.165, 1.54) is 6.08 Å². The molecule has 0 radical (unpaired) electrons. The second-order valence-corrected chi connectivity index (χ2v) is 3.78. The van der Waals surface area contributed by atoms with Gasteiger partial charge in [0.25, 0.3) is 0 Å². The molecule has 2 nitrogen and oxygen atoms in total. The van der Waals surface area contributed by atoms with Crippen molar-refractivity contribution in [2.45, 2.75) is 33.1 Å². The summed E-state index contributed by atoms with van der Waals surface area (Å²) in [6.45, 7) is 4.12. The second-order valence-electron chi connectivity index (χ2n) is 3.78. The van der Waals surface area contributed by atoms with E-state index in [-0.39, 0.29) is 5.97 Å². The molecule has 1 aromatic rings. The Morgan fingerprint density at radius 2 is 2.00 bits per heavy atom. The van der Waals surface area contributed by atoms with Gasteiger partial charge in [0.15, 0.2) is 0 Å². The molecule has 16 heavy (non-hydrogen) atoms. The number of hydrogen-bond acceptors (Lipinski definition) is 2. The minimum atomic E-state index is -0.306. The number of aryl methyl sites for hydroxylation is 1. The van der Waals surface area contributed by atoms with Crippen LogP contribution >= 0.6 is 0 Å². The van der Waals surface area contributed by atoms with E-state index < -0.39 is 0 Å². The molecule has 0 heterocycles. The third-order valence-corrected chi connectivity index (χ3v) is 2.22. The lowest BCUT2D eigenvalue weighted by atomic mass is 10.2. The van der Waals surface area contributed by atoms with Crippen LogP contribution in [0, 0.1) is 6.92 Å². The van der Waals surface area contributed by atoms with Gasteiger partial charge in [-0.2, -0.15) is 0 Å². The zero-order chi connectivity index (χ0) is 11.8. The van der Waals surface area contributed by atoms with Crippen molar-refractivity contribution < 1.29 is 9.53 Å². The van der Waals surface area contributed by atoms with Crippen LogP contribution in [0.15, 0.2) is 36.4 Å². The van der Waals surface area contributed by atoms with Gasteiger partial charge >= 0.3 is 5.97 Å². The van der Waals surface area contributed by atoms with E-state index in [9.17, 15) is 4.79 Å². The van der Waals surface area contributed by atoms with Gasteiger partial charge in [-0.1, -0.05) is 43.5 Å². The molecule has 86 valence electrons. The lowest BCUT2D eigenvalue weighted by Crippen LogP contribution is -2.03. The van der Waals surface area contributed by atoms with Gasteiger partial charge in [0.2, 0.25) is 0 Å². The summed E-state index contributed by atoms with van der Waals surface area (Å²) in [5, 5.41) is 0. The van der Waals surface area contributed by atoms with E-state index in [2.05, 4.69) is 6.92 Å². The highest BCUT2D eigenvalue weighted by molar-refractivity contribution is 5.83. The Balaban J connectivity index is 2.39. The molecule has 0 unspecified atom stereocenters. The average Bonchev–Trinajstić information content (AvgIpc) is 2.28. The first-order chi connectivity index (χ1) is 7.72. The summed E-state index contributed by atoms with van der Waals surface area (Å²) >= 11 is 0. The largest absolute Gasteiger partial charge is 0.423 e. The minimum absolute atomic E-state index is 0.306. The predicted molar refractivity (Wildman–Crippen MR) is 65.5 cm³/mol. The lowest BCUT2D eigenvalue weighted by molar-refractivity contribution is -0.129. The first-order valence-electron chi connectivity index (χ1n) is 5.67. The molecule has 1 aromatic carbocycles. The van der Waals surface area contributed by atoms with Crippen LogP contribution < -0.4 is 4.74 Å². The van der Waals surface area contributed by atoms with Crippen molar-refractivity contribution >= 4 is 5.97 Å². The Labute approximate surface area is 96.9 Å². The molecule has 0 aliphatic carbocycles. The Hall–Kier alpha value is -1.57. The maximum atomic E-state index is 11.4. The topological polar surface area (TPSA) is 26.3 Å². The van der Waals surface area contributed by atoms with Crippen LogP contribution in [0.1, 0.15) is 31.7 Å². The number of carbonyl (C=O) groups is 1. The van der Waals surface area contributed by atoms with Crippen LogP contribution in [-0.4, -0.2) is 5.97 Å². The van der Waals surface area contributed by atoms with E-state index in [1.54, 1.807) is 12.1 Å². The average molecular weight is 218 g/mol. The summed E-state index contributed by atoms with van der Waals surface area (Å²) in [5.74, 6) is 0.288. The SMILES string of the molecule is CCCCC=CC(=O)Oc1ccc(C)cc1. The summed E-state index contributed by atoms with van der Waals surface area (Å²) in [6.07, 6.45) is 6.53. The maximum absolute atomic E-state index is 11.4. The molecule has 0 N–H and O–H groups in total. The van der Waals surface area contributed by atoms with Gasteiger partial charge in [0.1, 0.15) is 5.75 Å². The molecule has 0 fully saturated rings. The number of allylic oxidation sites excluding steroid dienone is 1. The summed E-state index contributed by atoms with van der Waals surface area (Å²) < 4.78 is 5.12. The molecule has 0 amide bonds. The summed E-state index contributed by atoms with van der Waals surface area (Å²) in [4.78, 5) is 11.4. The number of rotatable bonds is 5. The molecule has 0 saturated heterocycles. The third-order valence-electron chi connectivity index (χ3n) is 2.22. The predicted octanol–water partition coefficient (Wildman–Crippen LogP) is 3.65. The molecule has 0 aliphatic heterocycles. The fourth-order valence-corrected chi connectivity index (χ4v) is 1.26. The van der Waals surface area contributed by atoms with E-state index in [0.717, 1.165) is 24.8 Å². The number of esters is 1. The van der Waals surface area contributed by atoms with Gasteiger partial charge in [0, 0.05) is 6.08 Å². The van der Waals surface area contributed by atoms with Crippen molar-refractivity contribution in [3.05, 3.63) is 42.0 Å². The fourth-order valence-electron chi connectivity index (χ4n) is 1.26. The smallest absolute Gasteiger partial charge is 0.335 e. The number of unbranched alkanes of at least 4 members (excludes halogenated alkanes) is 2. The van der Waals surface area contributed by atoms with Gasteiger partial charge < -0.3 is 4.74 Å². The van der Waals surface area contributed by atoms with Crippen molar-refractivity contribution in [1.29, 1.82) is 0 Å². The van der Waals surface area contributed by atoms with Crippen LogP contribution in [0.4, 0.5) is 0 Å². The Kier molecular flexibility index (Phi) is 5.34. The summed E-state index contributed by atoms with van der Waals surface area (Å²) in [7, 11) is 0. The van der Waals surface area contributed by atoms with Crippen LogP contribution in [0.3, 0.4) is 0 Å². The molecule has 0 bridgehead atoms. The van der Waals surface area contributed by atoms with E-state index in [1.807, 2.05) is 25.1 Å². The van der Waals surface area contributed by atoms with Gasteiger partial charge in [-0.15, -0.1) is 0 Å². The number of ether oxygens (including phenoxy) is 1. The fraction of sp³-hybridized carbons (Fsp3) is 0.357. The number of benzene rings is 1. The van der Waals surface area contributed by atoms with E-state index >= 15 is 0 Å². The van der Waals surface area contributed by atoms with Gasteiger partial charge in [-0.25, -0.2) is 4.79 Å². The highest BCUT2D eigenvalue weighted by Gasteiger charge is 1.98. The lowest BCUT2D eigenvalue weighted by Gasteiger charge is -2.00. The van der Waals surface area contributed by atoms with Crippen molar-refractivity contribution in [3.8, 4) is 5.75 Å². The molecule has 1 rings (SSSR count). The van der Waals surface area contributed by atoms with E-state index in [0.29, 0.717) is 5.75 Å². The van der Waals surface area contributed by atoms with Gasteiger partial charge in [-0.05, 0) is 25.5 Å². The van der Waals surface area contributed by atoms with Gasteiger partial charge in [-0.3, -0.25) is 0 Å². The molecule has 0 saturated carbocycles. The highest BCUT2D eigenvalue weighted by Crippen LogP contribution is 2.11. The Morgan fingerprint density at radius 1 is 1.31 bits per heavy atom. The van der Waals surface area contributed by atoms with Gasteiger partial charge in [0.05, 0.1) is 0 Å². The summed E-state index contributed by atoms with van der Waals surface area (Å²) in [6, 6.07) is 7.44. The van der Waals surface area contributed by atoms with Crippen molar-refractivity contribution in [1.82, 2.24) is 0 Å². The quantitative estimate of drug-likeness (QED) is 0.326. The van der Waals surface area contributed by atoms with Crippen LogP contribution in [0.5, 0.6) is 5.75 Å². The Morgan fingerprint density at radius 3 is 2.62 bits per heavy atom. The van der Waals surface area contributed by atoms with Crippen molar-refractivity contribution in [2.75, 3.05) is 0 Å². The monoisotopic (exact) mass is 218 g/mol. The van der Waals surface area contributed by atoms with Crippen molar-refractivity contribution in [2.24, 2.45) is 0 Å². The molecule has 0 aliphatic rings. The zero-order valence-corrected chi connectivity index (χ0v) is 9.90. The third kappa shape index (κ3) is 4.78. The standard InChI is InChI=1S/C14H18O2/c1-3-4-5-6-7-14(15)16-13-10-8-12(2)9-11-13/h6-11H,3-5H2,1-2H3. The first-order valence-corrected chi connectivity index (χ1v) is 5.67. The Bertz CT molecular complexity index is 350. The van der Waals surface area contributed by atoms with E-state index in [4.69, 9.17) is 4.74 Å². The zero-order valence-electron chi connectivity index (χ0n) is 9.90.